The SMILES string of the molecule is Cc1nsc(N(C)C(=O)CCNC2CC2)c1C(=O)O. The van der Waals surface area contributed by atoms with Crippen LogP contribution in [0.4, 0.5) is 5.00 Å². The molecule has 0 radical (unpaired) electrons. The molecule has 0 aromatic carbocycles. The van der Waals surface area contributed by atoms with Crippen LogP contribution >= 0.6 is 11.5 Å². The van der Waals surface area contributed by atoms with E-state index in [1.807, 2.05) is 0 Å². The van der Waals surface area contributed by atoms with E-state index in [1.165, 1.54) is 17.7 Å². The third kappa shape index (κ3) is 3.30. The molecule has 6 nitrogen and oxygen atoms in total. The summed E-state index contributed by atoms with van der Waals surface area (Å²) in [4.78, 5) is 24.6. The number of aromatic nitrogens is 1. The lowest BCUT2D eigenvalue weighted by molar-refractivity contribution is -0.118. The van der Waals surface area contributed by atoms with Crippen molar-refractivity contribution < 1.29 is 14.7 Å². The molecule has 1 aromatic rings. The molecule has 0 atom stereocenters. The van der Waals surface area contributed by atoms with Gasteiger partial charge in [0.05, 0.1) is 5.69 Å². The van der Waals surface area contributed by atoms with E-state index in [0.29, 0.717) is 29.7 Å². The number of carboxylic acid groups (broad SMARTS) is 1. The standard InChI is InChI=1S/C12H17N3O3S/c1-7-10(12(17)18)11(19-14-7)15(2)9(16)5-6-13-8-3-4-8/h8,13H,3-6H2,1-2H3,(H,17,18). The van der Waals surface area contributed by atoms with Gasteiger partial charge in [0.2, 0.25) is 5.91 Å². The maximum atomic E-state index is 12.0. The Labute approximate surface area is 115 Å². The molecule has 0 unspecified atom stereocenters. The predicted octanol–water partition coefficient (Wildman–Crippen LogP) is 1.25. The minimum Gasteiger partial charge on any atom is -0.478 e. The summed E-state index contributed by atoms with van der Waals surface area (Å²) >= 11 is 1.05. The van der Waals surface area contributed by atoms with E-state index in [1.54, 1.807) is 14.0 Å². The topological polar surface area (TPSA) is 82.5 Å². The molecule has 1 heterocycles. The van der Waals surface area contributed by atoms with E-state index in [0.717, 1.165) is 11.5 Å². The van der Waals surface area contributed by atoms with Gasteiger partial charge in [-0.25, -0.2) is 4.79 Å². The van der Waals surface area contributed by atoms with Crippen molar-refractivity contribution >= 4 is 28.4 Å². The number of aromatic carboxylic acids is 1. The van der Waals surface area contributed by atoms with Gasteiger partial charge in [0.15, 0.2) is 0 Å². The number of nitrogens with zero attached hydrogens (tertiary/aromatic N) is 2. The van der Waals surface area contributed by atoms with Crippen LogP contribution in [-0.2, 0) is 4.79 Å². The molecule has 1 amide bonds. The summed E-state index contributed by atoms with van der Waals surface area (Å²) in [6.07, 6.45) is 2.73. The van der Waals surface area contributed by atoms with E-state index in [9.17, 15) is 9.59 Å². The van der Waals surface area contributed by atoms with Crippen molar-refractivity contribution in [2.75, 3.05) is 18.5 Å². The van der Waals surface area contributed by atoms with Crippen molar-refractivity contribution in [3.05, 3.63) is 11.3 Å². The van der Waals surface area contributed by atoms with Crippen molar-refractivity contribution in [1.82, 2.24) is 9.69 Å². The molecular formula is C12H17N3O3S. The number of hydrogen-bond acceptors (Lipinski definition) is 5. The first-order valence-corrected chi connectivity index (χ1v) is 6.97. The molecule has 104 valence electrons. The molecule has 1 aliphatic carbocycles. The second-order valence-electron chi connectivity index (χ2n) is 4.68. The molecule has 2 N–H and O–H groups in total. The lowest BCUT2D eigenvalue weighted by Gasteiger charge is -2.15. The van der Waals surface area contributed by atoms with Crippen LogP contribution in [0.25, 0.3) is 0 Å². The Kier molecular flexibility index (Phi) is 4.16. The number of carboxylic acids is 1. The first-order valence-electron chi connectivity index (χ1n) is 6.20. The predicted molar refractivity (Wildman–Crippen MR) is 72.9 cm³/mol. The Hall–Kier alpha value is -1.47. The number of anilines is 1. The molecule has 7 heteroatoms. The zero-order valence-electron chi connectivity index (χ0n) is 11.0. The second-order valence-corrected chi connectivity index (χ2v) is 5.44. The highest BCUT2D eigenvalue weighted by Gasteiger charge is 2.24. The van der Waals surface area contributed by atoms with Crippen LogP contribution in [0, 0.1) is 6.92 Å². The number of nitrogens with one attached hydrogen (secondary N) is 1. The summed E-state index contributed by atoms with van der Waals surface area (Å²) in [5, 5.41) is 12.8. The van der Waals surface area contributed by atoms with Crippen LogP contribution in [0.5, 0.6) is 0 Å². The van der Waals surface area contributed by atoms with Gasteiger partial charge in [-0.1, -0.05) is 0 Å². The van der Waals surface area contributed by atoms with Gasteiger partial charge in [0.25, 0.3) is 0 Å². The zero-order valence-corrected chi connectivity index (χ0v) is 11.8. The number of carbonyl (C=O) groups is 2. The van der Waals surface area contributed by atoms with Gasteiger partial charge in [-0.05, 0) is 31.3 Å². The van der Waals surface area contributed by atoms with Crippen LogP contribution in [0.2, 0.25) is 0 Å². The van der Waals surface area contributed by atoms with E-state index in [4.69, 9.17) is 5.11 Å². The molecule has 1 aliphatic rings. The van der Waals surface area contributed by atoms with Crippen LogP contribution in [0.15, 0.2) is 0 Å². The Bertz CT molecular complexity index is 496. The highest BCUT2D eigenvalue weighted by molar-refractivity contribution is 7.11. The summed E-state index contributed by atoms with van der Waals surface area (Å²) in [5.74, 6) is -1.14. The van der Waals surface area contributed by atoms with Crippen molar-refractivity contribution in [2.24, 2.45) is 0 Å². The van der Waals surface area contributed by atoms with Crippen molar-refractivity contribution in [1.29, 1.82) is 0 Å². The average Bonchev–Trinajstić information content (AvgIpc) is 3.09. The fraction of sp³-hybridized carbons (Fsp3) is 0.583. The molecule has 2 rings (SSSR count). The van der Waals surface area contributed by atoms with Crippen LogP contribution < -0.4 is 10.2 Å². The van der Waals surface area contributed by atoms with Gasteiger partial charge < -0.3 is 15.3 Å². The molecule has 0 saturated heterocycles. The largest absolute Gasteiger partial charge is 0.478 e. The molecule has 19 heavy (non-hydrogen) atoms. The monoisotopic (exact) mass is 283 g/mol. The number of aryl methyl sites for hydroxylation is 1. The van der Waals surface area contributed by atoms with Crippen LogP contribution in [-0.4, -0.2) is 41.0 Å². The Morgan fingerprint density at radius 2 is 2.21 bits per heavy atom. The average molecular weight is 283 g/mol. The normalized spacial score (nSPS) is 14.4. The summed E-state index contributed by atoms with van der Waals surface area (Å²) in [6, 6.07) is 0.568. The molecule has 1 fully saturated rings. The van der Waals surface area contributed by atoms with E-state index in [-0.39, 0.29) is 11.5 Å². The first-order chi connectivity index (χ1) is 9.00. The van der Waals surface area contributed by atoms with Gasteiger partial charge in [-0.3, -0.25) is 4.79 Å². The Morgan fingerprint density at radius 1 is 1.53 bits per heavy atom. The van der Waals surface area contributed by atoms with E-state index >= 15 is 0 Å². The summed E-state index contributed by atoms with van der Waals surface area (Å²) in [5.41, 5.74) is 0.569. The molecule has 0 aliphatic heterocycles. The minimum atomic E-state index is -1.04. The van der Waals surface area contributed by atoms with Gasteiger partial charge in [0, 0.05) is 26.1 Å². The summed E-state index contributed by atoms with van der Waals surface area (Å²) in [7, 11) is 1.60. The first kappa shape index (κ1) is 14.0. The fourth-order valence-corrected chi connectivity index (χ4v) is 2.65. The van der Waals surface area contributed by atoms with Gasteiger partial charge in [-0.2, -0.15) is 4.37 Å². The lowest BCUT2D eigenvalue weighted by atomic mass is 10.2. The maximum absolute atomic E-state index is 12.0. The van der Waals surface area contributed by atoms with Crippen LogP contribution in [0.3, 0.4) is 0 Å². The van der Waals surface area contributed by atoms with E-state index in [2.05, 4.69) is 9.69 Å². The third-order valence-electron chi connectivity index (χ3n) is 3.09. The van der Waals surface area contributed by atoms with Crippen molar-refractivity contribution in [2.45, 2.75) is 32.2 Å². The number of carbonyl (C=O) groups excluding carboxylic acids is 1. The number of amides is 1. The van der Waals surface area contributed by atoms with E-state index < -0.39 is 5.97 Å². The lowest BCUT2D eigenvalue weighted by Crippen LogP contribution is -2.30. The zero-order chi connectivity index (χ0) is 14.0. The minimum absolute atomic E-state index is 0.0979. The number of rotatable bonds is 6. The Balaban J connectivity index is 1.99. The fourth-order valence-electron chi connectivity index (χ4n) is 1.78. The number of hydrogen-bond donors (Lipinski definition) is 2. The molecule has 1 saturated carbocycles. The van der Waals surface area contributed by atoms with Crippen LogP contribution in [0.1, 0.15) is 35.3 Å². The Morgan fingerprint density at radius 3 is 2.79 bits per heavy atom. The highest BCUT2D eigenvalue weighted by Crippen LogP contribution is 2.28. The highest BCUT2D eigenvalue weighted by atomic mass is 32.1. The molecule has 1 aromatic heterocycles. The second kappa shape index (κ2) is 5.66. The third-order valence-corrected chi connectivity index (χ3v) is 4.10. The molecular weight excluding hydrogens is 266 g/mol. The van der Waals surface area contributed by atoms with Gasteiger partial charge >= 0.3 is 5.97 Å². The maximum Gasteiger partial charge on any atom is 0.340 e. The quantitative estimate of drug-likeness (QED) is 0.821. The smallest absolute Gasteiger partial charge is 0.340 e. The van der Waals surface area contributed by atoms with Gasteiger partial charge in [0.1, 0.15) is 10.6 Å². The molecule has 0 bridgehead atoms. The van der Waals surface area contributed by atoms with Gasteiger partial charge in [-0.15, -0.1) is 0 Å². The van der Waals surface area contributed by atoms with Crippen molar-refractivity contribution in [3.8, 4) is 0 Å². The molecule has 0 spiro atoms. The van der Waals surface area contributed by atoms with Crippen molar-refractivity contribution in [3.63, 3.8) is 0 Å². The summed E-state index contributed by atoms with van der Waals surface area (Å²) < 4.78 is 4.01. The summed E-state index contributed by atoms with van der Waals surface area (Å²) in [6.45, 7) is 2.27.